The molecule has 0 spiro atoms. The lowest BCUT2D eigenvalue weighted by Gasteiger charge is -2.22. The van der Waals surface area contributed by atoms with Gasteiger partial charge in [0, 0.05) is 12.8 Å². The third-order valence-electron chi connectivity index (χ3n) is 8.56. The predicted molar refractivity (Wildman–Crippen MR) is 164 cm³/mol. The number of rotatable bonds is 11. The molecule has 2 aromatic carbocycles. The molecule has 0 heterocycles. The highest BCUT2D eigenvalue weighted by Crippen LogP contribution is 2.33. The Kier molecular flexibility index (Phi) is 11.5. The van der Waals surface area contributed by atoms with E-state index in [1.54, 1.807) is 0 Å². The standard InChI is InChI=1S/C34H46N4O2/c1-25(27-17-21-31(22-18-27)29-11-5-3-6-12-29)35-37-33(39)15-9-10-16-34(40)38-36-26(2)28-19-23-32(24-20-28)30-13-7-4-8-14-30/h17-24,29-30H,3-16H2,1-2H3,(H,37,39)(H,38,40)/b35-25+,36-26+. The predicted octanol–water partition coefficient (Wildman–Crippen LogP) is 7.72. The van der Waals surface area contributed by atoms with E-state index in [1.807, 2.05) is 13.8 Å². The summed E-state index contributed by atoms with van der Waals surface area (Å²) in [5, 5.41) is 8.56. The van der Waals surface area contributed by atoms with E-state index in [1.165, 1.54) is 75.3 Å². The van der Waals surface area contributed by atoms with Crippen molar-refractivity contribution in [1.82, 2.24) is 10.9 Å². The Morgan fingerprint density at radius 1 is 0.600 bits per heavy atom. The Labute approximate surface area is 240 Å². The number of carbonyl (C=O) groups is 2. The summed E-state index contributed by atoms with van der Waals surface area (Å²) in [6.45, 7) is 3.82. The highest BCUT2D eigenvalue weighted by molar-refractivity contribution is 5.99. The summed E-state index contributed by atoms with van der Waals surface area (Å²) in [5.74, 6) is 1.09. The molecule has 2 fully saturated rings. The van der Waals surface area contributed by atoms with Crippen LogP contribution in [0.25, 0.3) is 0 Å². The number of nitrogens with one attached hydrogen (secondary N) is 2. The minimum Gasteiger partial charge on any atom is -0.273 e. The molecule has 2 aliphatic rings. The second-order valence-electron chi connectivity index (χ2n) is 11.6. The van der Waals surface area contributed by atoms with Gasteiger partial charge in [0.15, 0.2) is 0 Å². The fourth-order valence-corrected chi connectivity index (χ4v) is 5.97. The molecule has 0 bridgehead atoms. The second-order valence-corrected chi connectivity index (χ2v) is 11.6. The fraction of sp³-hybridized carbons (Fsp3) is 0.529. The summed E-state index contributed by atoms with van der Waals surface area (Å²) in [5.41, 5.74) is 11.8. The fourth-order valence-electron chi connectivity index (χ4n) is 5.97. The van der Waals surface area contributed by atoms with Gasteiger partial charge in [0.05, 0.1) is 11.4 Å². The van der Waals surface area contributed by atoms with Crippen molar-refractivity contribution in [3.63, 3.8) is 0 Å². The molecular formula is C34H46N4O2. The van der Waals surface area contributed by atoms with Crippen LogP contribution in [0.5, 0.6) is 0 Å². The molecule has 40 heavy (non-hydrogen) atoms. The summed E-state index contributed by atoms with van der Waals surface area (Å²) in [6, 6.07) is 17.2. The minimum atomic E-state index is -0.135. The highest BCUT2D eigenvalue weighted by Gasteiger charge is 2.16. The molecule has 0 saturated heterocycles. The Hall–Kier alpha value is -3.28. The van der Waals surface area contributed by atoms with E-state index in [-0.39, 0.29) is 11.8 Å². The monoisotopic (exact) mass is 542 g/mol. The van der Waals surface area contributed by atoms with Crippen LogP contribution in [0, 0.1) is 0 Å². The summed E-state index contributed by atoms with van der Waals surface area (Å²) in [6.07, 6.45) is 15.1. The zero-order valence-electron chi connectivity index (χ0n) is 24.4. The van der Waals surface area contributed by atoms with Gasteiger partial charge < -0.3 is 0 Å². The van der Waals surface area contributed by atoms with Crippen LogP contribution in [0.2, 0.25) is 0 Å². The molecule has 2 N–H and O–H groups in total. The van der Waals surface area contributed by atoms with Gasteiger partial charge in [-0.1, -0.05) is 87.1 Å². The van der Waals surface area contributed by atoms with Crippen LogP contribution < -0.4 is 10.9 Å². The van der Waals surface area contributed by atoms with Crippen molar-refractivity contribution in [2.45, 2.75) is 116 Å². The molecule has 2 aliphatic carbocycles. The Morgan fingerprint density at radius 2 is 0.950 bits per heavy atom. The van der Waals surface area contributed by atoms with Crippen molar-refractivity contribution < 1.29 is 9.59 Å². The normalized spacial score (nSPS) is 17.4. The number of benzene rings is 2. The van der Waals surface area contributed by atoms with Crippen LogP contribution in [0.15, 0.2) is 58.7 Å². The van der Waals surface area contributed by atoms with Gasteiger partial charge in [-0.15, -0.1) is 0 Å². The lowest BCUT2D eigenvalue weighted by Crippen LogP contribution is -2.20. The largest absolute Gasteiger partial charge is 0.273 e. The van der Waals surface area contributed by atoms with E-state index < -0.39 is 0 Å². The first-order valence-corrected chi connectivity index (χ1v) is 15.4. The average Bonchev–Trinajstić information content (AvgIpc) is 3.01. The number of hydrogen-bond donors (Lipinski definition) is 2. The topological polar surface area (TPSA) is 82.9 Å². The molecule has 214 valence electrons. The number of unbranched alkanes of at least 4 members (excludes halogenated alkanes) is 1. The highest BCUT2D eigenvalue weighted by atomic mass is 16.2. The molecule has 2 saturated carbocycles. The smallest absolute Gasteiger partial charge is 0.240 e. The summed E-state index contributed by atoms with van der Waals surface area (Å²) in [7, 11) is 0. The van der Waals surface area contributed by atoms with Crippen LogP contribution in [-0.2, 0) is 9.59 Å². The van der Waals surface area contributed by atoms with Gasteiger partial charge in [-0.25, -0.2) is 10.9 Å². The van der Waals surface area contributed by atoms with E-state index in [9.17, 15) is 9.59 Å². The van der Waals surface area contributed by atoms with E-state index in [0.717, 1.165) is 22.6 Å². The molecule has 2 aromatic rings. The molecular weight excluding hydrogens is 496 g/mol. The Morgan fingerprint density at radius 3 is 1.30 bits per heavy atom. The van der Waals surface area contributed by atoms with Crippen LogP contribution in [0.1, 0.15) is 138 Å². The van der Waals surface area contributed by atoms with Gasteiger partial charge in [-0.05, 0) is 86.5 Å². The molecule has 6 heteroatoms. The molecule has 0 radical (unpaired) electrons. The third-order valence-corrected chi connectivity index (χ3v) is 8.56. The lowest BCUT2D eigenvalue weighted by molar-refractivity contribution is -0.123. The maximum Gasteiger partial charge on any atom is 0.240 e. The Bertz CT molecular complexity index is 1060. The van der Waals surface area contributed by atoms with Crippen molar-refractivity contribution >= 4 is 23.2 Å². The van der Waals surface area contributed by atoms with Gasteiger partial charge in [0.25, 0.3) is 0 Å². The number of carbonyl (C=O) groups excluding carboxylic acids is 2. The van der Waals surface area contributed by atoms with Crippen molar-refractivity contribution in [3.8, 4) is 0 Å². The van der Waals surface area contributed by atoms with Crippen LogP contribution >= 0.6 is 0 Å². The second kappa shape index (κ2) is 15.5. The van der Waals surface area contributed by atoms with E-state index in [2.05, 4.69) is 69.6 Å². The van der Waals surface area contributed by atoms with Crippen molar-refractivity contribution in [2.24, 2.45) is 10.2 Å². The summed E-state index contributed by atoms with van der Waals surface area (Å²) < 4.78 is 0. The zero-order valence-corrected chi connectivity index (χ0v) is 24.4. The molecule has 0 atom stereocenters. The summed E-state index contributed by atoms with van der Waals surface area (Å²) in [4.78, 5) is 24.5. The van der Waals surface area contributed by atoms with Gasteiger partial charge in [0.2, 0.25) is 11.8 Å². The first kappa shape index (κ1) is 29.7. The maximum atomic E-state index is 12.2. The maximum absolute atomic E-state index is 12.2. The number of hydrazone groups is 2. The van der Waals surface area contributed by atoms with E-state index in [4.69, 9.17) is 0 Å². The molecule has 2 amide bonds. The molecule has 4 rings (SSSR count). The van der Waals surface area contributed by atoms with Crippen LogP contribution in [0.4, 0.5) is 0 Å². The van der Waals surface area contributed by atoms with Crippen molar-refractivity contribution in [3.05, 3.63) is 70.8 Å². The van der Waals surface area contributed by atoms with E-state index in [0.29, 0.717) is 37.5 Å². The zero-order chi connectivity index (χ0) is 28.2. The number of amides is 2. The molecule has 0 aromatic heterocycles. The average molecular weight is 543 g/mol. The first-order valence-electron chi connectivity index (χ1n) is 15.4. The first-order chi connectivity index (χ1) is 19.5. The van der Waals surface area contributed by atoms with Crippen molar-refractivity contribution in [2.75, 3.05) is 0 Å². The molecule has 0 aliphatic heterocycles. The van der Waals surface area contributed by atoms with E-state index >= 15 is 0 Å². The van der Waals surface area contributed by atoms with Gasteiger partial charge in [0.1, 0.15) is 0 Å². The van der Waals surface area contributed by atoms with Crippen LogP contribution in [-0.4, -0.2) is 23.2 Å². The van der Waals surface area contributed by atoms with Crippen molar-refractivity contribution in [1.29, 1.82) is 0 Å². The van der Waals surface area contributed by atoms with Gasteiger partial charge in [-0.3, -0.25) is 9.59 Å². The lowest BCUT2D eigenvalue weighted by atomic mass is 9.84. The summed E-state index contributed by atoms with van der Waals surface area (Å²) >= 11 is 0. The molecule has 0 unspecified atom stereocenters. The minimum absolute atomic E-state index is 0.135. The Balaban J connectivity index is 1.12. The SMILES string of the molecule is C/C(=N\NC(=O)CCCCC(=O)N/N=C(\C)c1ccc(C2CCCCC2)cc1)c1ccc(C2CCCCC2)cc1. The quantitative estimate of drug-likeness (QED) is 0.173. The van der Waals surface area contributed by atoms with Crippen LogP contribution in [0.3, 0.4) is 0 Å². The molecule has 6 nitrogen and oxygen atoms in total. The number of nitrogens with zero attached hydrogens (tertiary/aromatic N) is 2. The van der Waals surface area contributed by atoms with Gasteiger partial charge >= 0.3 is 0 Å². The third kappa shape index (κ3) is 9.14. The van der Waals surface area contributed by atoms with Gasteiger partial charge in [-0.2, -0.15) is 10.2 Å². The number of hydrogen-bond acceptors (Lipinski definition) is 4.